The van der Waals surface area contributed by atoms with Gasteiger partial charge in [0.2, 0.25) is 7.59 Å². The monoisotopic (exact) mass is 1970 g/mol. The number of benzene rings is 9. The van der Waals surface area contributed by atoms with Crippen molar-refractivity contribution in [1.29, 1.82) is 0 Å². The standard InChI is InChI=1S/C17H19NO2.C14H21NO2.C13H15Cl6NO2.C13H19NO2.C13H21NO2.C12H17NO2.C11H15NO2.C11H17NO2/c1-18(2)15-10-8-14(9-11-15)17-19-12-16(20-17)13-6-4-3-5-7-13;1-14(2)9-16-13(17-10-14)11-5-7-12(8-6-11)15(3)4;1-20(2)10-5-3-9(4-6-10)11(21-7-12(14,15)16)22-8-13(17,18)19;1-10-8-15-13(16-9-10)11-4-6-12(7-5-11)14(2)3;1-5-15-13(16-6-2)11-7-9-12(10-8-11)14(3)4;1-13(2)11-6-4-10(5-7-11)12-14-8-3-9-15-12;1-12(2)10-5-3-9(4-6-10)11-13-7-8-14-11;1-12(2)10-7-5-9(6-8-10)11(13-3)14-4/h3-11,16-17H,12H2,1-2H3;5-8,13H,9-10H2,1-4H3;3-6,11H,7-8H2,1-2H3;4-7,10,13H,8-9H2,1-3H3;7-10,13H,5-6H2,1-4H3;4-7,12H,3,8-9H2,1-2H3;3-6,11H,7-8H2,1-2H3;5-8,11H,1-4H3. The minimum absolute atomic E-state index is 0.0229. The SMILES string of the molecule is CC1COC(c2ccc(N(C)C)cc2)OC1.CCOC(OCC)c1ccc(N(C)C)cc1.CN(C)c1ccc(C(OCC(Cl)(Cl)Cl)OCC(Cl)(Cl)Cl)cc1.CN(C)c1ccc(C2OCC(C)(C)CO2)cc1.CN(C)c1ccc(C2OCC(c3ccccc3)O2)cc1.CN(C)c1ccc(C2OCCCO2)cc1.CN(C)c1ccc(C2OCCO2)cc1.COC(OC)c1ccc(N(C)C)cc1. The Morgan fingerprint density at radius 3 is 0.843 bits per heavy atom. The molecular weight excluding hydrogens is 1830 g/mol. The molecule has 5 saturated heterocycles. The molecule has 14 rings (SSSR count). The summed E-state index contributed by atoms with van der Waals surface area (Å²) >= 11 is 34.1. The zero-order chi connectivity index (χ0) is 98.1. The Balaban J connectivity index is 0.000000210. The van der Waals surface area contributed by atoms with Gasteiger partial charge < -0.3 is 115 Å². The lowest BCUT2D eigenvalue weighted by atomic mass is 9.95. The van der Waals surface area contributed by atoms with E-state index in [1.165, 1.54) is 45.4 Å². The van der Waals surface area contributed by atoms with Crippen LogP contribution in [0.2, 0.25) is 0 Å². The molecule has 5 aliphatic rings. The molecule has 0 saturated carbocycles. The first kappa shape index (κ1) is 113. The van der Waals surface area contributed by atoms with E-state index in [0.29, 0.717) is 44.5 Å². The van der Waals surface area contributed by atoms with Crippen LogP contribution in [0.4, 0.5) is 45.5 Å². The third kappa shape index (κ3) is 40.5. The number of hydrogen-bond donors (Lipinski definition) is 0. The smallest absolute Gasteiger partial charge is 0.213 e. The minimum atomic E-state index is -1.56. The Labute approximate surface area is 828 Å². The fraction of sp³-hybridized carbons (Fsp3) is 0.481. The number of nitrogens with zero attached hydrogens (tertiary/aromatic N) is 8. The summed E-state index contributed by atoms with van der Waals surface area (Å²) < 4.78 is 85.6. The number of anilines is 8. The molecule has 5 fully saturated rings. The summed E-state index contributed by atoms with van der Waals surface area (Å²) in [4.78, 5) is 16.5. The summed E-state index contributed by atoms with van der Waals surface area (Å²) in [5.74, 6) is 0.497. The van der Waals surface area contributed by atoms with E-state index >= 15 is 0 Å². The Kier molecular flexibility index (Phi) is 49.4. The van der Waals surface area contributed by atoms with Crippen LogP contribution in [0.3, 0.4) is 0 Å². The van der Waals surface area contributed by atoms with Crippen LogP contribution in [-0.2, 0) is 75.8 Å². The van der Waals surface area contributed by atoms with Crippen molar-refractivity contribution in [1.82, 2.24) is 0 Å². The lowest BCUT2D eigenvalue weighted by molar-refractivity contribution is -0.226. The van der Waals surface area contributed by atoms with Gasteiger partial charge in [0.15, 0.2) is 50.3 Å². The van der Waals surface area contributed by atoms with Gasteiger partial charge in [-0.1, -0.05) is 218 Å². The van der Waals surface area contributed by atoms with Gasteiger partial charge in [0.25, 0.3) is 0 Å². The molecule has 0 N–H and O–H groups in total. The second-order valence-electron chi connectivity index (χ2n) is 34.5. The van der Waals surface area contributed by atoms with Crippen molar-refractivity contribution in [3.05, 3.63) is 275 Å². The first-order valence-electron chi connectivity index (χ1n) is 44.9. The van der Waals surface area contributed by atoms with E-state index in [4.69, 9.17) is 145 Å². The van der Waals surface area contributed by atoms with E-state index in [9.17, 15) is 0 Å². The summed E-state index contributed by atoms with van der Waals surface area (Å²) in [7, 11) is 35.5. The van der Waals surface area contributed by atoms with Crippen molar-refractivity contribution in [3.8, 4) is 0 Å². The maximum atomic E-state index is 6.00. The Hall–Kier alpha value is -7.52. The average Bonchev–Trinajstić information content (AvgIpc) is 1.52. The summed E-state index contributed by atoms with van der Waals surface area (Å²) in [6.07, 6.45) is -1.31. The lowest BCUT2D eigenvalue weighted by Crippen LogP contribution is -2.33. The van der Waals surface area contributed by atoms with Gasteiger partial charge in [-0.15, -0.1) is 0 Å². The molecule has 0 radical (unpaired) electrons. The third-order valence-electron chi connectivity index (χ3n) is 20.9. The molecule has 30 heteroatoms. The van der Waals surface area contributed by atoms with Gasteiger partial charge in [-0.3, -0.25) is 0 Å². The van der Waals surface area contributed by atoms with E-state index < -0.39 is 13.9 Å². The molecule has 0 aliphatic carbocycles. The zero-order valence-corrected chi connectivity index (χ0v) is 86.9. The molecule has 5 aliphatic heterocycles. The van der Waals surface area contributed by atoms with E-state index in [0.717, 1.165) is 90.7 Å². The molecule has 134 heavy (non-hydrogen) atoms. The van der Waals surface area contributed by atoms with Crippen LogP contribution in [-0.4, -0.2) is 220 Å². The predicted octanol–water partition coefficient (Wildman–Crippen LogP) is 23.2. The quantitative estimate of drug-likeness (QED) is 0.0351. The van der Waals surface area contributed by atoms with Crippen LogP contribution in [0.25, 0.3) is 0 Å². The number of hydrogen-bond acceptors (Lipinski definition) is 24. The molecular formula is C104H144Cl6N8O16. The van der Waals surface area contributed by atoms with Crippen molar-refractivity contribution < 1.29 is 75.8 Å². The molecule has 0 bridgehead atoms. The second-order valence-corrected chi connectivity index (χ2v) is 39.6. The Bertz CT molecular complexity index is 4540. The molecule has 0 aromatic heterocycles. The predicted molar refractivity (Wildman–Crippen MR) is 549 cm³/mol. The molecule has 5 heterocycles. The van der Waals surface area contributed by atoms with Gasteiger partial charge in [0, 0.05) is 242 Å². The minimum Gasteiger partial charge on any atom is -0.378 e. The number of ether oxygens (including phenoxy) is 16. The van der Waals surface area contributed by atoms with Gasteiger partial charge in [-0.05, 0) is 123 Å². The largest absolute Gasteiger partial charge is 0.378 e. The molecule has 0 spiro atoms. The van der Waals surface area contributed by atoms with Gasteiger partial charge in [-0.25, -0.2) is 0 Å². The zero-order valence-electron chi connectivity index (χ0n) is 82.4. The van der Waals surface area contributed by atoms with Crippen LogP contribution in [0, 0.1) is 11.3 Å². The van der Waals surface area contributed by atoms with Crippen molar-refractivity contribution >= 4 is 115 Å². The van der Waals surface area contributed by atoms with Crippen molar-refractivity contribution in [3.63, 3.8) is 0 Å². The highest BCUT2D eigenvalue weighted by molar-refractivity contribution is 6.68. The maximum Gasteiger partial charge on any atom is 0.213 e. The van der Waals surface area contributed by atoms with E-state index in [2.05, 4.69) is 189 Å². The third-order valence-corrected chi connectivity index (χ3v) is 21.6. The van der Waals surface area contributed by atoms with Crippen molar-refractivity contribution in [2.75, 3.05) is 252 Å². The number of halogens is 6. The molecule has 738 valence electrons. The fourth-order valence-corrected chi connectivity index (χ4v) is 13.6. The number of alkyl halides is 6. The highest BCUT2D eigenvalue weighted by atomic mass is 35.6. The lowest BCUT2D eigenvalue weighted by Gasteiger charge is -2.34. The Morgan fingerprint density at radius 2 is 0.560 bits per heavy atom. The van der Waals surface area contributed by atoms with Gasteiger partial charge in [0.05, 0.1) is 72.7 Å². The molecule has 2 unspecified atom stereocenters. The van der Waals surface area contributed by atoms with Crippen LogP contribution in [0.1, 0.15) is 148 Å². The highest BCUT2D eigenvalue weighted by Gasteiger charge is 2.32. The van der Waals surface area contributed by atoms with Crippen LogP contribution in [0.5, 0.6) is 0 Å². The second kappa shape index (κ2) is 58.4. The van der Waals surface area contributed by atoms with Crippen LogP contribution >= 0.6 is 69.6 Å². The highest BCUT2D eigenvalue weighted by Crippen LogP contribution is 2.39. The van der Waals surface area contributed by atoms with E-state index in [1.54, 1.807) is 14.2 Å². The van der Waals surface area contributed by atoms with Gasteiger partial charge in [-0.2, -0.15) is 0 Å². The molecule has 2 atom stereocenters. The van der Waals surface area contributed by atoms with Gasteiger partial charge >= 0.3 is 0 Å². The molecule has 9 aromatic carbocycles. The summed E-state index contributed by atoms with van der Waals surface area (Å²) in [6, 6.07) is 75.4. The van der Waals surface area contributed by atoms with Crippen LogP contribution in [0.15, 0.2) is 224 Å². The topological polar surface area (TPSA) is 174 Å². The summed E-state index contributed by atoms with van der Waals surface area (Å²) in [5.41, 5.74) is 18.8. The summed E-state index contributed by atoms with van der Waals surface area (Å²) in [6.45, 7) is 18.0. The number of methoxy groups -OCH3 is 2. The average molecular weight is 1980 g/mol. The van der Waals surface area contributed by atoms with Crippen molar-refractivity contribution in [2.24, 2.45) is 11.3 Å². The maximum absolute atomic E-state index is 6.00. The first-order valence-corrected chi connectivity index (χ1v) is 47.1. The normalized spacial score (nSPS) is 17.2. The van der Waals surface area contributed by atoms with E-state index in [-0.39, 0.29) is 68.8 Å². The molecule has 9 aromatic rings. The van der Waals surface area contributed by atoms with Gasteiger partial charge in [0.1, 0.15) is 6.10 Å². The molecule has 0 amide bonds. The van der Waals surface area contributed by atoms with E-state index in [1.807, 2.05) is 223 Å². The first-order chi connectivity index (χ1) is 63.8. The number of rotatable bonds is 27. The molecule has 24 nitrogen and oxygen atoms in total. The van der Waals surface area contributed by atoms with Crippen molar-refractivity contribution in [2.45, 2.75) is 105 Å². The summed E-state index contributed by atoms with van der Waals surface area (Å²) in [5, 5.41) is 0. The van der Waals surface area contributed by atoms with Crippen LogP contribution < -0.4 is 39.2 Å². The fourth-order valence-electron chi connectivity index (χ4n) is 13.3. The Morgan fingerprint density at radius 1 is 0.306 bits per heavy atom.